The Bertz CT molecular complexity index is 711. The van der Waals surface area contributed by atoms with Gasteiger partial charge in [0.15, 0.2) is 5.82 Å². The van der Waals surface area contributed by atoms with Crippen molar-refractivity contribution in [3.63, 3.8) is 0 Å². The summed E-state index contributed by atoms with van der Waals surface area (Å²) >= 11 is 0. The summed E-state index contributed by atoms with van der Waals surface area (Å²) in [5.41, 5.74) is 5.89. The zero-order chi connectivity index (χ0) is 17.9. The predicted molar refractivity (Wildman–Crippen MR) is 102 cm³/mol. The molecular weight excluding hydrogens is 352 g/mol. The summed E-state index contributed by atoms with van der Waals surface area (Å²) in [6.07, 6.45) is 5.91. The van der Waals surface area contributed by atoms with Crippen molar-refractivity contribution in [3.05, 3.63) is 47.6 Å². The molecule has 0 saturated heterocycles. The highest BCUT2D eigenvalue weighted by Crippen LogP contribution is 2.31. The summed E-state index contributed by atoms with van der Waals surface area (Å²) in [5, 5.41) is 7.01. The van der Waals surface area contributed by atoms with Gasteiger partial charge in [0.2, 0.25) is 11.8 Å². The van der Waals surface area contributed by atoms with Gasteiger partial charge in [-0.3, -0.25) is 4.79 Å². The van der Waals surface area contributed by atoms with Gasteiger partial charge >= 0.3 is 0 Å². The highest BCUT2D eigenvalue weighted by atomic mass is 35.5. The summed E-state index contributed by atoms with van der Waals surface area (Å²) in [4.78, 5) is 17.1. The second-order valence-corrected chi connectivity index (χ2v) is 7.09. The Kier molecular flexibility index (Phi) is 6.78. The van der Waals surface area contributed by atoms with Crippen molar-refractivity contribution in [2.45, 2.75) is 63.5 Å². The Morgan fingerprint density at radius 3 is 2.58 bits per heavy atom. The van der Waals surface area contributed by atoms with E-state index < -0.39 is 5.54 Å². The molecule has 1 saturated carbocycles. The van der Waals surface area contributed by atoms with Crippen LogP contribution in [0.25, 0.3) is 0 Å². The number of carbonyl (C=O) groups is 1. The molecule has 26 heavy (non-hydrogen) atoms. The zero-order valence-corrected chi connectivity index (χ0v) is 16.1. The number of hydrogen-bond donors (Lipinski definition) is 2. The van der Waals surface area contributed by atoms with Crippen LogP contribution in [0.1, 0.15) is 75.2 Å². The number of hydrogen-bond acceptors (Lipinski definition) is 5. The standard InChI is InChI=1S/C19H26N4O2.ClH/c1-13(17-22-16(23-25-17)14-9-5-3-6-10-14)21-18(24)19(2,20)15-11-7-4-8-12-15;/h4,7-8,11-14H,3,5-6,9-10,20H2,1-2H3,(H,21,24);1H. The van der Waals surface area contributed by atoms with Crippen LogP contribution in [-0.4, -0.2) is 16.0 Å². The highest BCUT2D eigenvalue weighted by Gasteiger charge is 2.32. The molecule has 3 N–H and O–H groups in total. The summed E-state index contributed by atoms with van der Waals surface area (Å²) in [7, 11) is 0. The van der Waals surface area contributed by atoms with Crippen LogP contribution in [0.2, 0.25) is 0 Å². The largest absolute Gasteiger partial charge is 0.343 e. The Hall–Kier alpha value is -1.92. The first-order valence-corrected chi connectivity index (χ1v) is 8.97. The van der Waals surface area contributed by atoms with E-state index in [2.05, 4.69) is 15.5 Å². The third-order valence-corrected chi connectivity index (χ3v) is 4.99. The first-order chi connectivity index (χ1) is 12.0. The molecule has 2 atom stereocenters. The van der Waals surface area contributed by atoms with Gasteiger partial charge < -0.3 is 15.6 Å². The van der Waals surface area contributed by atoms with E-state index in [0.29, 0.717) is 11.8 Å². The number of carbonyl (C=O) groups excluding carboxylic acids is 1. The van der Waals surface area contributed by atoms with Gasteiger partial charge in [0, 0.05) is 5.92 Å². The molecule has 1 amide bonds. The second kappa shape index (κ2) is 8.64. The lowest BCUT2D eigenvalue weighted by Crippen LogP contribution is -2.49. The van der Waals surface area contributed by atoms with Gasteiger partial charge in [0.1, 0.15) is 11.6 Å². The van der Waals surface area contributed by atoms with Crippen molar-refractivity contribution in [1.82, 2.24) is 15.5 Å². The number of halogens is 1. The van der Waals surface area contributed by atoms with E-state index >= 15 is 0 Å². The quantitative estimate of drug-likeness (QED) is 0.829. The SMILES string of the molecule is CC(NC(=O)C(C)(N)c1ccccc1)c1nc(C2CCCCC2)no1.Cl. The van der Waals surface area contributed by atoms with Crippen molar-refractivity contribution >= 4 is 18.3 Å². The third kappa shape index (κ3) is 4.43. The normalized spacial score (nSPS) is 18.4. The predicted octanol–water partition coefficient (Wildman–Crippen LogP) is 3.59. The van der Waals surface area contributed by atoms with Gasteiger partial charge in [-0.05, 0) is 32.3 Å². The minimum absolute atomic E-state index is 0. The Balaban J connectivity index is 0.00000243. The average Bonchev–Trinajstić information content (AvgIpc) is 3.13. The van der Waals surface area contributed by atoms with Crippen LogP contribution in [-0.2, 0) is 10.3 Å². The molecule has 1 aliphatic rings. The Labute approximate surface area is 160 Å². The minimum atomic E-state index is -1.12. The number of nitrogens with two attached hydrogens (primary N) is 1. The van der Waals surface area contributed by atoms with E-state index in [-0.39, 0.29) is 24.4 Å². The van der Waals surface area contributed by atoms with Crippen LogP contribution in [0.4, 0.5) is 0 Å². The van der Waals surface area contributed by atoms with Crippen LogP contribution >= 0.6 is 12.4 Å². The molecule has 2 unspecified atom stereocenters. The van der Waals surface area contributed by atoms with Gasteiger partial charge in [-0.2, -0.15) is 4.98 Å². The monoisotopic (exact) mass is 378 g/mol. The van der Waals surface area contributed by atoms with Crippen molar-refractivity contribution in [1.29, 1.82) is 0 Å². The number of rotatable bonds is 5. The summed E-state index contributed by atoms with van der Waals surface area (Å²) in [5.74, 6) is 1.29. The fourth-order valence-corrected chi connectivity index (χ4v) is 3.27. The van der Waals surface area contributed by atoms with Gasteiger partial charge in [-0.25, -0.2) is 0 Å². The fourth-order valence-electron chi connectivity index (χ4n) is 3.27. The Morgan fingerprint density at radius 1 is 1.27 bits per heavy atom. The number of nitrogens with zero attached hydrogens (tertiary/aromatic N) is 2. The minimum Gasteiger partial charge on any atom is -0.343 e. The smallest absolute Gasteiger partial charge is 0.248 e. The molecule has 1 aromatic heterocycles. The van der Waals surface area contributed by atoms with E-state index in [1.807, 2.05) is 37.3 Å². The van der Waals surface area contributed by atoms with Crippen molar-refractivity contribution in [2.75, 3.05) is 0 Å². The number of nitrogens with one attached hydrogen (secondary N) is 1. The first kappa shape index (κ1) is 20.4. The third-order valence-electron chi connectivity index (χ3n) is 4.99. The maximum absolute atomic E-state index is 12.6. The second-order valence-electron chi connectivity index (χ2n) is 7.09. The van der Waals surface area contributed by atoms with Crippen molar-refractivity contribution in [2.24, 2.45) is 5.73 Å². The maximum atomic E-state index is 12.6. The fraction of sp³-hybridized carbons (Fsp3) is 0.526. The van der Waals surface area contributed by atoms with E-state index in [0.717, 1.165) is 24.2 Å². The topological polar surface area (TPSA) is 94.0 Å². The van der Waals surface area contributed by atoms with Crippen LogP contribution in [0.5, 0.6) is 0 Å². The van der Waals surface area contributed by atoms with E-state index in [1.165, 1.54) is 19.3 Å². The first-order valence-electron chi connectivity index (χ1n) is 8.97. The summed E-state index contributed by atoms with van der Waals surface area (Å²) < 4.78 is 5.38. The van der Waals surface area contributed by atoms with Gasteiger partial charge in [-0.15, -0.1) is 12.4 Å². The zero-order valence-electron chi connectivity index (χ0n) is 15.3. The van der Waals surface area contributed by atoms with Crippen LogP contribution in [0, 0.1) is 0 Å². The van der Waals surface area contributed by atoms with Crippen LogP contribution in [0.15, 0.2) is 34.9 Å². The lowest BCUT2D eigenvalue weighted by Gasteiger charge is -2.25. The van der Waals surface area contributed by atoms with Crippen molar-refractivity contribution in [3.8, 4) is 0 Å². The summed E-state index contributed by atoms with van der Waals surface area (Å²) in [6.45, 7) is 3.53. The molecule has 1 aromatic carbocycles. The molecule has 0 bridgehead atoms. The Morgan fingerprint density at radius 2 is 1.92 bits per heavy atom. The van der Waals surface area contributed by atoms with Crippen LogP contribution < -0.4 is 11.1 Å². The molecule has 0 radical (unpaired) electrons. The molecule has 2 aromatic rings. The number of benzene rings is 1. The average molecular weight is 379 g/mol. The van der Waals surface area contributed by atoms with Gasteiger partial charge in [-0.1, -0.05) is 54.8 Å². The van der Waals surface area contributed by atoms with Gasteiger partial charge in [0.25, 0.3) is 0 Å². The van der Waals surface area contributed by atoms with E-state index in [4.69, 9.17) is 10.3 Å². The molecule has 1 heterocycles. The molecule has 1 fully saturated rings. The number of aromatic nitrogens is 2. The molecule has 1 aliphatic carbocycles. The highest BCUT2D eigenvalue weighted by molar-refractivity contribution is 5.87. The summed E-state index contributed by atoms with van der Waals surface area (Å²) in [6, 6.07) is 8.93. The lowest BCUT2D eigenvalue weighted by molar-refractivity contribution is -0.127. The van der Waals surface area contributed by atoms with Crippen LogP contribution in [0.3, 0.4) is 0 Å². The molecular formula is C19H27ClN4O2. The van der Waals surface area contributed by atoms with Gasteiger partial charge in [0.05, 0.1) is 0 Å². The molecule has 0 aliphatic heterocycles. The molecule has 6 nitrogen and oxygen atoms in total. The molecule has 0 spiro atoms. The molecule has 7 heteroatoms. The maximum Gasteiger partial charge on any atom is 0.248 e. The lowest BCUT2D eigenvalue weighted by atomic mass is 9.89. The molecule has 142 valence electrons. The van der Waals surface area contributed by atoms with Crippen molar-refractivity contribution < 1.29 is 9.32 Å². The number of amides is 1. The molecule has 3 rings (SSSR count). The van der Waals surface area contributed by atoms with E-state index in [9.17, 15) is 4.79 Å². The van der Waals surface area contributed by atoms with E-state index in [1.54, 1.807) is 6.92 Å².